The van der Waals surface area contributed by atoms with Crippen LogP contribution in [0.3, 0.4) is 0 Å². The van der Waals surface area contributed by atoms with Crippen molar-refractivity contribution < 1.29 is 9.53 Å². The molecule has 2 heterocycles. The number of rotatable bonds is 4. The number of ether oxygens (including phenoxy) is 1. The molecule has 1 aromatic rings. The second kappa shape index (κ2) is 7.07. The van der Waals surface area contributed by atoms with E-state index in [2.05, 4.69) is 34.9 Å². The van der Waals surface area contributed by atoms with Crippen molar-refractivity contribution in [2.75, 3.05) is 38.7 Å². The molecule has 2 aliphatic carbocycles. The number of carbonyl (C=O) groups excluding carboxylic acids is 1. The predicted octanol–water partition coefficient (Wildman–Crippen LogP) is 1.39. The zero-order valence-corrected chi connectivity index (χ0v) is 14.7. The Bertz CT molecular complexity index is 582. The number of nitrogens with two attached hydrogens (primary N) is 1. The highest BCUT2D eigenvalue weighted by atomic mass is 16.5. The quantitative estimate of drug-likeness (QED) is 0.902. The lowest BCUT2D eigenvalue weighted by molar-refractivity contribution is -0.119. The Morgan fingerprint density at radius 3 is 2.75 bits per heavy atom. The van der Waals surface area contributed by atoms with Gasteiger partial charge in [-0.2, -0.15) is 0 Å². The minimum atomic E-state index is -0.130. The van der Waals surface area contributed by atoms with Crippen LogP contribution in [0.4, 0.5) is 5.69 Å². The summed E-state index contributed by atoms with van der Waals surface area (Å²) in [6.07, 6.45) is 6.36. The van der Waals surface area contributed by atoms with Gasteiger partial charge in [0.2, 0.25) is 5.91 Å². The molecule has 0 radical (unpaired) electrons. The van der Waals surface area contributed by atoms with Crippen molar-refractivity contribution in [2.45, 2.75) is 37.8 Å². The van der Waals surface area contributed by atoms with E-state index in [0.717, 1.165) is 39.1 Å². The number of primary amides is 1. The molecule has 2 saturated carbocycles. The molecule has 1 saturated heterocycles. The Balaban J connectivity index is 0.000000238. The Hall–Kier alpha value is -1.66. The molecule has 6 nitrogen and oxygen atoms in total. The van der Waals surface area contributed by atoms with E-state index in [1.54, 1.807) is 0 Å². The van der Waals surface area contributed by atoms with E-state index in [9.17, 15) is 4.79 Å². The zero-order valence-electron chi connectivity index (χ0n) is 14.7. The first-order chi connectivity index (χ1) is 11.5. The summed E-state index contributed by atoms with van der Waals surface area (Å²) in [6, 6.07) is 4.22. The number of amides is 1. The number of hydrogen-bond acceptors (Lipinski definition) is 5. The highest BCUT2D eigenvalue weighted by Crippen LogP contribution is 2.43. The van der Waals surface area contributed by atoms with Gasteiger partial charge >= 0.3 is 0 Å². The third kappa shape index (κ3) is 4.45. The summed E-state index contributed by atoms with van der Waals surface area (Å²) in [5.41, 5.74) is 7.47. The van der Waals surface area contributed by atoms with Gasteiger partial charge in [-0.15, -0.1) is 0 Å². The minimum absolute atomic E-state index is 0.130. The van der Waals surface area contributed by atoms with Gasteiger partial charge in [-0.25, -0.2) is 0 Å². The van der Waals surface area contributed by atoms with E-state index in [1.165, 1.54) is 24.2 Å². The van der Waals surface area contributed by atoms with E-state index in [0.29, 0.717) is 0 Å². The van der Waals surface area contributed by atoms with Crippen molar-refractivity contribution in [2.24, 2.45) is 11.7 Å². The average Bonchev–Trinajstić information content (AvgIpc) is 3.44. The summed E-state index contributed by atoms with van der Waals surface area (Å²) in [5.74, 6) is 0.111. The number of pyridine rings is 1. The normalized spacial score (nSPS) is 21.4. The molecule has 0 bridgehead atoms. The maximum absolute atomic E-state index is 9.98. The molecule has 1 amide bonds. The standard InChI is InChI=1S/C14H21N3O.C4H7NO/c1-16(2)10-12-13(4-3-7-15-12)17-8-9-18-14(11-17)5-6-14;5-4(6)3-1-2-3/h3-4,7H,5-6,8-11H2,1-2H3;3H,1-2H2,(H2,5,6). The van der Waals surface area contributed by atoms with E-state index in [4.69, 9.17) is 10.5 Å². The molecule has 3 aliphatic rings. The van der Waals surface area contributed by atoms with Crippen LogP contribution >= 0.6 is 0 Å². The second-order valence-electron chi connectivity index (χ2n) is 7.34. The van der Waals surface area contributed by atoms with E-state index in [-0.39, 0.29) is 17.4 Å². The molecular formula is C18H28N4O2. The molecular weight excluding hydrogens is 304 g/mol. The fourth-order valence-corrected chi connectivity index (χ4v) is 3.00. The number of hydrogen-bond donors (Lipinski definition) is 1. The lowest BCUT2D eigenvalue weighted by Crippen LogP contribution is -2.44. The molecule has 1 spiro atoms. The third-order valence-corrected chi connectivity index (χ3v) is 4.71. The van der Waals surface area contributed by atoms with Gasteiger partial charge in [0, 0.05) is 31.7 Å². The van der Waals surface area contributed by atoms with Gasteiger partial charge in [0.1, 0.15) is 0 Å². The van der Waals surface area contributed by atoms with Gasteiger partial charge in [0.15, 0.2) is 0 Å². The summed E-state index contributed by atoms with van der Waals surface area (Å²) in [4.78, 5) is 19.1. The summed E-state index contributed by atoms with van der Waals surface area (Å²) in [6.45, 7) is 3.74. The van der Waals surface area contributed by atoms with Gasteiger partial charge in [0.25, 0.3) is 0 Å². The van der Waals surface area contributed by atoms with Crippen LogP contribution in [0.1, 0.15) is 31.4 Å². The van der Waals surface area contributed by atoms with Crippen LogP contribution < -0.4 is 10.6 Å². The molecule has 1 aromatic heterocycles. The Morgan fingerprint density at radius 1 is 1.46 bits per heavy atom. The van der Waals surface area contributed by atoms with Crippen molar-refractivity contribution in [1.82, 2.24) is 9.88 Å². The lowest BCUT2D eigenvalue weighted by Gasteiger charge is -2.35. The van der Waals surface area contributed by atoms with Gasteiger partial charge in [-0.3, -0.25) is 9.78 Å². The van der Waals surface area contributed by atoms with Gasteiger partial charge in [-0.1, -0.05) is 0 Å². The largest absolute Gasteiger partial charge is 0.371 e. The number of nitrogens with zero attached hydrogens (tertiary/aromatic N) is 3. The van der Waals surface area contributed by atoms with Crippen LogP contribution in [-0.4, -0.2) is 55.2 Å². The summed E-state index contributed by atoms with van der Waals surface area (Å²) in [7, 11) is 4.17. The van der Waals surface area contributed by atoms with Crippen LogP contribution in [-0.2, 0) is 16.1 Å². The van der Waals surface area contributed by atoms with Gasteiger partial charge in [-0.05, 0) is 51.9 Å². The highest BCUT2D eigenvalue weighted by molar-refractivity contribution is 5.78. The third-order valence-electron chi connectivity index (χ3n) is 4.71. The van der Waals surface area contributed by atoms with E-state index < -0.39 is 0 Å². The van der Waals surface area contributed by atoms with Crippen molar-refractivity contribution in [1.29, 1.82) is 0 Å². The fraction of sp³-hybridized carbons (Fsp3) is 0.667. The van der Waals surface area contributed by atoms with Crippen LogP contribution in [0.15, 0.2) is 18.3 Å². The zero-order chi connectivity index (χ0) is 17.2. The molecule has 6 heteroatoms. The van der Waals surface area contributed by atoms with Crippen LogP contribution in [0.25, 0.3) is 0 Å². The van der Waals surface area contributed by atoms with Crippen LogP contribution in [0, 0.1) is 5.92 Å². The molecule has 132 valence electrons. The lowest BCUT2D eigenvalue weighted by atomic mass is 10.2. The first-order valence-corrected chi connectivity index (χ1v) is 8.76. The minimum Gasteiger partial charge on any atom is -0.371 e. The smallest absolute Gasteiger partial charge is 0.220 e. The summed E-state index contributed by atoms with van der Waals surface area (Å²) in [5, 5.41) is 0. The molecule has 0 aromatic carbocycles. The topological polar surface area (TPSA) is 71.7 Å². The summed E-state index contributed by atoms with van der Waals surface area (Å²) >= 11 is 0. The second-order valence-corrected chi connectivity index (χ2v) is 7.34. The van der Waals surface area contributed by atoms with Crippen molar-refractivity contribution in [3.05, 3.63) is 24.0 Å². The van der Waals surface area contributed by atoms with Crippen molar-refractivity contribution >= 4 is 11.6 Å². The Labute approximate surface area is 144 Å². The average molecular weight is 332 g/mol. The van der Waals surface area contributed by atoms with E-state index >= 15 is 0 Å². The number of carbonyl (C=O) groups is 1. The molecule has 0 unspecified atom stereocenters. The van der Waals surface area contributed by atoms with Gasteiger partial charge in [0.05, 0.1) is 23.6 Å². The number of aromatic nitrogens is 1. The van der Waals surface area contributed by atoms with Crippen LogP contribution in [0.5, 0.6) is 0 Å². The molecule has 2 N–H and O–H groups in total. The maximum atomic E-state index is 9.98. The van der Waals surface area contributed by atoms with E-state index in [1.807, 2.05) is 12.3 Å². The number of anilines is 1. The SMILES string of the molecule is CN(C)Cc1ncccc1N1CCOC2(CC2)C1.NC(=O)C1CC1. The molecule has 24 heavy (non-hydrogen) atoms. The predicted molar refractivity (Wildman–Crippen MR) is 93.7 cm³/mol. The fourth-order valence-electron chi connectivity index (χ4n) is 3.00. The first kappa shape index (κ1) is 17.2. The van der Waals surface area contributed by atoms with Crippen LogP contribution in [0.2, 0.25) is 0 Å². The number of morpholine rings is 1. The van der Waals surface area contributed by atoms with Crippen molar-refractivity contribution in [3.8, 4) is 0 Å². The molecule has 3 fully saturated rings. The maximum Gasteiger partial charge on any atom is 0.220 e. The highest BCUT2D eigenvalue weighted by Gasteiger charge is 2.47. The van der Waals surface area contributed by atoms with Crippen molar-refractivity contribution in [3.63, 3.8) is 0 Å². The molecule has 4 rings (SSSR count). The van der Waals surface area contributed by atoms with Gasteiger partial charge < -0.3 is 20.3 Å². The summed E-state index contributed by atoms with van der Waals surface area (Å²) < 4.78 is 5.88. The Kier molecular flexibility index (Phi) is 5.06. The molecule has 0 atom stereocenters. The Morgan fingerprint density at radius 2 is 2.21 bits per heavy atom. The first-order valence-electron chi connectivity index (χ1n) is 8.76. The monoisotopic (exact) mass is 332 g/mol. The molecule has 1 aliphatic heterocycles.